The lowest BCUT2D eigenvalue weighted by molar-refractivity contribution is -0.123. The van der Waals surface area contributed by atoms with E-state index in [4.69, 9.17) is 23.2 Å². The zero-order valence-corrected chi connectivity index (χ0v) is 18.0. The Hall–Kier alpha value is -2.41. The van der Waals surface area contributed by atoms with Gasteiger partial charge in [-0.05, 0) is 43.3 Å². The zero-order chi connectivity index (χ0) is 21.4. The van der Waals surface area contributed by atoms with Crippen molar-refractivity contribution in [3.63, 3.8) is 0 Å². The van der Waals surface area contributed by atoms with Gasteiger partial charge < -0.3 is 4.90 Å². The van der Waals surface area contributed by atoms with E-state index in [0.29, 0.717) is 18.7 Å². The van der Waals surface area contributed by atoms with Gasteiger partial charge in [-0.2, -0.15) is 0 Å². The molecule has 2 heterocycles. The predicted octanol–water partition coefficient (Wildman–Crippen LogP) is 3.65. The molecule has 0 unspecified atom stereocenters. The maximum atomic E-state index is 13.1. The van der Waals surface area contributed by atoms with Gasteiger partial charge in [-0.25, -0.2) is 4.90 Å². The van der Waals surface area contributed by atoms with Gasteiger partial charge in [0.15, 0.2) is 5.78 Å². The molecule has 0 aromatic heterocycles. The van der Waals surface area contributed by atoms with E-state index in [1.165, 1.54) is 0 Å². The standard InChI is InChI=1S/C22H21Cl2N3O3/c1-14(28)15-5-7-16(8-6-15)25-9-11-26(12-10-25)19-13-20(29)27(22(19)30)21-17(23)3-2-4-18(21)24/h2-8,19H,9-13H2,1H3/t19-/m1/s1. The normalized spacial score (nSPS) is 20.2. The summed E-state index contributed by atoms with van der Waals surface area (Å²) >= 11 is 12.4. The van der Waals surface area contributed by atoms with Crippen LogP contribution in [0.25, 0.3) is 0 Å². The maximum absolute atomic E-state index is 13.1. The average molecular weight is 446 g/mol. The number of hydrogen-bond donors (Lipinski definition) is 0. The van der Waals surface area contributed by atoms with Gasteiger partial charge >= 0.3 is 0 Å². The largest absolute Gasteiger partial charge is 0.369 e. The molecular weight excluding hydrogens is 425 g/mol. The third kappa shape index (κ3) is 3.83. The highest BCUT2D eigenvalue weighted by Crippen LogP contribution is 2.37. The smallest absolute Gasteiger partial charge is 0.251 e. The molecule has 2 fully saturated rings. The summed E-state index contributed by atoms with van der Waals surface area (Å²) in [6, 6.07) is 11.9. The molecule has 0 spiro atoms. The fraction of sp³-hybridized carbons (Fsp3) is 0.318. The second-order valence-electron chi connectivity index (χ2n) is 7.48. The fourth-order valence-electron chi connectivity index (χ4n) is 4.04. The number of benzene rings is 2. The van der Waals surface area contributed by atoms with Crippen LogP contribution in [-0.2, 0) is 9.59 Å². The Morgan fingerprint density at radius 1 is 0.933 bits per heavy atom. The highest BCUT2D eigenvalue weighted by molar-refractivity contribution is 6.42. The van der Waals surface area contributed by atoms with Crippen molar-refractivity contribution in [2.45, 2.75) is 19.4 Å². The average Bonchev–Trinajstić information content (AvgIpc) is 3.02. The Morgan fingerprint density at radius 3 is 2.10 bits per heavy atom. The van der Waals surface area contributed by atoms with E-state index in [2.05, 4.69) is 4.90 Å². The number of nitrogens with zero attached hydrogens (tertiary/aromatic N) is 3. The van der Waals surface area contributed by atoms with E-state index >= 15 is 0 Å². The maximum Gasteiger partial charge on any atom is 0.251 e. The number of Topliss-reactive ketones (excluding diaryl/α,β-unsaturated/α-hetero) is 1. The molecule has 0 saturated carbocycles. The lowest BCUT2D eigenvalue weighted by Gasteiger charge is -2.38. The molecule has 4 rings (SSSR count). The van der Waals surface area contributed by atoms with Crippen LogP contribution in [0.15, 0.2) is 42.5 Å². The predicted molar refractivity (Wildman–Crippen MR) is 118 cm³/mol. The molecule has 6 nitrogen and oxygen atoms in total. The molecule has 2 aromatic carbocycles. The van der Waals surface area contributed by atoms with Crippen molar-refractivity contribution in [3.8, 4) is 0 Å². The van der Waals surface area contributed by atoms with Crippen molar-refractivity contribution in [1.29, 1.82) is 0 Å². The van der Waals surface area contributed by atoms with Crippen molar-refractivity contribution in [2.75, 3.05) is 36.0 Å². The minimum absolute atomic E-state index is 0.0407. The molecule has 30 heavy (non-hydrogen) atoms. The zero-order valence-electron chi connectivity index (χ0n) is 16.5. The van der Waals surface area contributed by atoms with Crippen LogP contribution >= 0.6 is 23.2 Å². The summed E-state index contributed by atoms with van der Waals surface area (Å²) in [5.41, 5.74) is 1.99. The Morgan fingerprint density at radius 2 is 1.53 bits per heavy atom. The molecule has 2 aliphatic heterocycles. The molecule has 2 aliphatic rings. The Kier molecular flexibility index (Phi) is 5.82. The van der Waals surface area contributed by atoms with E-state index in [-0.39, 0.29) is 39.8 Å². The molecule has 2 aromatic rings. The summed E-state index contributed by atoms with van der Waals surface area (Å²) in [6.45, 7) is 4.31. The Balaban J connectivity index is 1.44. The van der Waals surface area contributed by atoms with Crippen molar-refractivity contribution < 1.29 is 14.4 Å². The van der Waals surface area contributed by atoms with E-state index < -0.39 is 6.04 Å². The minimum Gasteiger partial charge on any atom is -0.369 e. The number of hydrogen-bond acceptors (Lipinski definition) is 5. The van der Waals surface area contributed by atoms with Crippen LogP contribution in [-0.4, -0.2) is 54.7 Å². The summed E-state index contributed by atoms with van der Waals surface area (Å²) in [6.07, 6.45) is 0.119. The molecule has 0 N–H and O–H groups in total. The molecular formula is C22H21Cl2N3O3. The van der Waals surface area contributed by atoms with Crippen LogP contribution in [0.3, 0.4) is 0 Å². The van der Waals surface area contributed by atoms with Gasteiger partial charge in [-0.1, -0.05) is 29.3 Å². The van der Waals surface area contributed by atoms with Crippen LogP contribution in [0.2, 0.25) is 10.0 Å². The summed E-state index contributed by atoms with van der Waals surface area (Å²) < 4.78 is 0. The van der Waals surface area contributed by atoms with Gasteiger partial charge in [-0.15, -0.1) is 0 Å². The van der Waals surface area contributed by atoms with Gasteiger partial charge in [-0.3, -0.25) is 19.3 Å². The molecule has 1 atom stereocenters. The quantitative estimate of drug-likeness (QED) is 0.530. The molecule has 2 saturated heterocycles. The first kappa shape index (κ1) is 20.8. The van der Waals surface area contributed by atoms with E-state index in [1.54, 1.807) is 25.1 Å². The van der Waals surface area contributed by atoms with Crippen LogP contribution in [0.5, 0.6) is 0 Å². The van der Waals surface area contributed by atoms with Crippen LogP contribution in [0.4, 0.5) is 11.4 Å². The van der Waals surface area contributed by atoms with E-state index in [1.807, 2.05) is 29.2 Å². The number of piperazine rings is 1. The second-order valence-corrected chi connectivity index (χ2v) is 8.30. The number of carbonyl (C=O) groups is 3. The van der Waals surface area contributed by atoms with Crippen molar-refractivity contribution in [3.05, 3.63) is 58.1 Å². The molecule has 0 radical (unpaired) electrons. The lowest BCUT2D eigenvalue weighted by atomic mass is 10.1. The second kappa shape index (κ2) is 8.38. The van der Waals surface area contributed by atoms with Crippen molar-refractivity contribution in [1.82, 2.24) is 4.90 Å². The molecule has 0 aliphatic carbocycles. The summed E-state index contributed by atoms with van der Waals surface area (Å²) in [7, 11) is 0. The van der Waals surface area contributed by atoms with E-state index in [0.717, 1.165) is 23.7 Å². The van der Waals surface area contributed by atoms with Gasteiger partial charge in [0.1, 0.15) is 0 Å². The first-order chi connectivity index (χ1) is 14.4. The van der Waals surface area contributed by atoms with Crippen LogP contribution < -0.4 is 9.80 Å². The molecule has 156 valence electrons. The van der Waals surface area contributed by atoms with Gasteiger partial charge in [0, 0.05) is 37.4 Å². The minimum atomic E-state index is -0.507. The van der Waals surface area contributed by atoms with Crippen molar-refractivity contribution >= 4 is 52.2 Å². The fourth-order valence-corrected chi connectivity index (χ4v) is 4.60. The highest BCUT2D eigenvalue weighted by Gasteiger charge is 2.44. The number of halogens is 2. The Labute approximate surface area is 184 Å². The van der Waals surface area contributed by atoms with Gasteiger partial charge in [0.05, 0.1) is 28.2 Å². The summed E-state index contributed by atoms with van der Waals surface area (Å²) in [5.74, 6) is -0.532. The summed E-state index contributed by atoms with van der Waals surface area (Å²) in [4.78, 5) is 42.6. The molecule has 2 amide bonds. The number of imide groups is 1. The topological polar surface area (TPSA) is 60.9 Å². The third-order valence-electron chi connectivity index (χ3n) is 5.68. The SMILES string of the molecule is CC(=O)c1ccc(N2CCN([C@@H]3CC(=O)N(c4c(Cl)cccc4Cl)C3=O)CC2)cc1. The van der Waals surface area contributed by atoms with Gasteiger partial charge in [0.25, 0.3) is 5.91 Å². The van der Waals surface area contributed by atoms with Crippen LogP contribution in [0.1, 0.15) is 23.7 Å². The third-order valence-corrected chi connectivity index (χ3v) is 6.29. The molecule has 8 heteroatoms. The number of anilines is 2. The first-order valence-corrected chi connectivity index (χ1v) is 10.5. The number of carbonyl (C=O) groups excluding carboxylic acids is 3. The number of ketones is 1. The lowest BCUT2D eigenvalue weighted by Crippen LogP contribution is -2.52. The van der Waals surface area contributed by atoms with Gasteiger partial charge in [0.2, 0.25) is 5.91 Å². The van der Waals surface area contributed by atoms with Crippen molar-refractivity contribution in [2.24, 2.45) is 0 Å². The molecule has 0 bridgehead atoms. The number of amides is 2. The first-order valence-electron chi connectivity index (χ1n) is 9.77. The number of rotatable bonds is 4. The Bertz CT molecular complexity index is 981. The van der Waals surface area contributed by atoms with E-state index in [9.17, 15) is 14.4 Å². The summed E-state index contributed by atoms with van der Waals surface area (Å²) in [5, 5.41) is 0.562. The van der Waals surface area contributed by atoms with Crippen LogP contribution in [0, 0.1) is 0 Å². The monoisotopic (exact) mass is 445 g/mol. The highest BCUT2D eigenvalue weighted by atomic mass is 35.5. The number of para-hydroxylation sites is 1.